The summed E-state index contributed by atoms with van der Waals surface area (Å²) in [6.07, 6.45) is 2.90. The zero-order valence-electron chi connectivity index (χ0n) is 18.4. The molecule has 1 amide bonds. The van der Waals surface area contributed by atoms with Crippen molar-refractivity contribution in [3.8, 4) is 0 Å². The number of benzene rings is 2. The number of hydrogen-bond donors (Lipinski definition) is 1. The van der Waals surface area contributed by atoms with Crippen LogP contribution in [0.5, 0.6) is 0 Å². The Morgan fingerprint density at radius 3 is 2.23 bits per heavy atom. The fourth-order valence-corrected chi connectivity index (χ4v) is 5.19. The van der Waals surface area contributed by atoms with Gasteiger partial charge in [0.1, 0.15) is 0 Å². The molecule has 0 bridgehead atoms. The van der Waals surface area contributed by atoms with Crippen LogP contribution in [0, 0.1) is 20.8 Å². The van der Waals surface area contributed by atoms with Crippen LogP contribution >= 0.6 is 0 Å². The third-order valence-electron chi connectivity index (χ3n) is 5.84. The van der Waals surface area contributed by atoms with E-state index < -0.39 is 10.0 Å². The highest BCUT2D eigenvalue weighted by atomic mass is 32.2. The van der Waals surface area contributed by atoms with Gasteiger partial charge >= 0.3 is 0 Å². The molecule has 0 radical (unpaired) electrons. The molecule has 2 aromatic carbocycles. The Morgan fingerprint density at radius 2 is 1.55 bits per heavy atom. The summed E-state index contributed by atoms with van der Waals surface area (Å²) in [6.45, 7) is 6.80. The maximum Gasteiger partial charge on any atom is 0.243 e. The van der Waals surface area contributed by atoms with E-state index in [1.165, 1.54) is 10.4 Å². The van der Waals surface area contributed by atoms with E-state index in [-0.39, 0.29) is 29.4 Å². The quantitative estimate of drug-likeness (QED) is 0.645. The second-order valence-corrected chi connectivity index (χ2v) is 10.1. The molecule has 0 spiro atoms. The smallest absolute Gasteiger partial charge is 0.243 e. The summed E-state index contributed by atoms with van der Waals surface area (Å²) in [6, 6.07) is 10.3. The molecule has 1 fully saturated rings. The van der Waals surface area contributed by atoms with Gasteiger partial charge < -0.3 is 5.32 Å². The average Bonchev–Trinajstić information content (AvgIpc) is 2.76. The van der Waals surface area contributed by atoms with Gasteiger partial charge in [0.15, 0.2) is 5.78 Å². The van der Waals surface area contributed by atoms with Crippen LogP contribution in [0.3, 0.4) is 0 Å². The van der Waals surface area contributed by atoms with Crippen LogP contribution in [0.25, 0.3) is 0 Å². The van der Waals surface area contributed by atoms with E-state index in [2.05, 4.69) is 5.32 Å². The Balaban J connectivity index is 1.66. The normalized spacial score (nSPS) is 14.9. The molecule has 3 rings (SSSR count). The molecule has 2 aromatic rings. The van der Waals surface area contributed by atoms with Crippen LogP contribution < -0.4 is 5.32 Å². The fourth-order valence-electron chi connectivity index (χ4n) is 3.65. The van der Waals surface area contributed by atoms with Gasteiger partial charge in [0.2, 0.25) is 15.9 Å². The zero-order valence-corrected chi connectivity index (χ0v) is 19.2. The van der Waals surface area contributed by atoms with Gasteiger partial charge in [0.05, 0.1) is 4.90 Å². The molecule has 31 heavy (non-hydrogen) atoms. The van der Waals surface area contributed by atoms with Gasteiger partial charge in [-0.25, -0.2) is 8.42 Å². The Hall–Kier alpha value is -2.51. The average molecular weight is 443 g/mol. The van der Waals surface area contributed by atoms with Crippen LogP contribution in [0.1, 0.15) is 59.2 Å². The first-order chi connectivity index (χ1) is 14.7. The van der Waals surface area contributed by atoms with E-state index in [0.29, 0.717) is 24.3 Å². The summed E-state index contributed by atoms with van der Waals surface area (Å²) in [5, 5.41) is 2.78. The summed E-state index contributed by atoms with van der Waals surface area (Å²) in [4.78, 5) is 25.1. The second kappa shape index (κ2) is 9.75. The number of carbonyl (C=O) groups is 2. The highest BCUT2D eigenvalue weighted by Gasteiger charge is 2.26. The molecule has 0 saturated carbocycles. The minimum absolute atomic E-state index is 0.0360. The van der Waals surface area contributed by atoms with Gasteiger partial charge in [-0.15, -0.1) is 0 Å². The molecule has 1 heterocycles. The van der Waals surface area contributed by atoms with Gasteiger partial charge in [0.25, 0.3) is 0 Å². The van der Waals surface area contributed by atoms with Gasteiger partial charge in [-0.1, -0.05) is 24.6 Å². The molecule has 0 unspecified atom stereocenters. The predicted octanol–water partition coefficient (Wildman–Crippen LogP) is 4.39. The van der Waals surface area contributed by atoms with E-state index in [9.17, 15) is 18.0 Å². The van der Waals surface area contributed by atoms with E-state index in [4.69, 9.17) is 0 Å². The lowest BCUT2D eigenvalue weighted by atomic mass is 10.0. The highest BCUT2D eigenvalue weighted by molar-refractivity contribution is 7.89. The predicted molar refractivity (Wildman–Crippen MR) is 122 cm³/mol. The Morgan fingerprint density at radius 1 is 0.871 bits per heavy atom. The molecular formula is C24H30N2O4S. The van der Waals surface area contributed by atoms with Crippen LogP contribution in [0.4, 0.5) is 5.69 Å². The van der Waals surface area contributed by atoms with Crippen LogP contribution in [-0.2, 0) is 14.8 Å². The lowest BCUT2D eigenvalue weighted by Crippen LogP contribution is -2.35. The summed E-state index contributed by atoms with van der Waals surface area (Å²) < 4.78 is 27.4. The first kappa shape index (κ1) is 23.2. The summed E-state index contributed by atoms with van der Waals surface area (Å²) >= 11 is 0. The SMILES string of the molecule is Cc1ccc(C(=O)CCC(=O)Nc2cc(S(=O)(=O)N3CCCCC3)ccc2C)cc1C. The number of hydrogen-bond acceptors (Lipinski definition) is 4. The molecule has 1 N–H and O–H groups in total. The third-order valence-corrected chi connectivity index (χ3v) is 7.74. The van der Waals surface area contributed by atoms with E-state index >= 15 is 0 Å². The van der Waals surface area contributed by atoms with Crippen molar-refractivity contribution in [2.75, 3.05) is 18.4 Å². The summed E-state index contributed by atoms with van der Waals surface area (Å²) in [5.41, 5.74) is 3.98. The van der Waals surface area contributed by atoms with Crippen LogP contribution in [0.2, 0.25) is 0 Å². The maximum absolute atomic E-state index is 12.9. The number of aryl methyl sites for hydroxylation is 3. The van der Waals surface area contributed by atoms with Crippen molar-refractivity contribution in [3.63, 3.8) is 0 Å². The highest BCUT2D eigenvalue weighted by Crippen LogP contribution is 2.25. The van der Waals surface area contributed by atoms with Crippen molar-refractivity contribution in [1.82, 2.24) is 4.31 Å². The standard InChI is InChI=1S/C24H30N2O4S/c1-17-7-9-20(15-19(17)3)23(27)11-12-24(28)25-22-16-21(10-8-18(22)2)31(29,30)26-13-5-4-6-14-26/h7-10,15-16H,4-6,11-14H2,1-3H3,(H,25,28). The van der Waals surface area contributed by atoms with Gasteiger partial charge in [0, 0.05) is 37.2 Å². The summed E-state index contributed by atoms with van der Waals surface area (Å²) in [5.74, 6) is -0.399. The van der Waals surface area contributed by atoms with Crippen molar-refractivity contribution >= 4 is 27.4 Å². The topological polar surface area (TPSA) is 83.5 Å². The maximum atomic E-state index is 12.9. The Kier molecular flexibility index (Phi) is 7.28. The zero-order chi connectivity index (χ0) is 22.6. The lowest BCUT2D eigenvalue weighted by molar-refractivity contribution is -0.116. The molecule has 1 aliphatic heterocycles. The molecule has 0 aromatic heterocycles. The van der Waals surface area contributed by atoms with E-state index in [1.807, 2.05) is 32.9 Å². The third kappa shape index (κ3) is 5.60. The second-order valence-electron chi connectivity index (χ2n) is 8.21. The van der Waals surface area contributed by atoms with Crippen molar-refractivity contribution in [2.24, 2.45) is 0 Å². The molecular weight excluding hydrogens is 412 g/mol. The Bertz CT molecular complexity index is 1090. The van der Waals surface area contributed by atoms with Gasteiger partial charge in [-0.2, -0.15) is 4.31 Å². The minimum Gasteiger partial charge on any atom is -0.326 e. The first-order valence-corrected chi connectivity index (χ1v) is 12.1. The number of Topliss-reactive ketones (excluding diaryl/α,β-unsaturated/α-hetero) is 1. The molecule has 6 nitrogen and oxygen atoms in total. The lowest BCUT2D eigenvalue weighted by Gasteiger charge is -2.26. The number of anilines is 1. The molecule has 0 atom stereocenters. The number of nitrogens with one attached hydrogen (secondary N) is 1. The van der Waals surface area contributed by atoms with Gasteiger partial charge in [-0.05, 0) is 68.5 Å². The monoisotopic (exact) mass is 442 g/mol. The number of rotatable bonds is 7. The number of nitrogens with zero attached hydrogens (tertiary/aromatic N) is 1. The first-order valence-electron chi connectivity index (χ1n) is 10.7. The number of ketones is 1. The molecule has 0 aliphatic carbocycles. The molecule has 166 valence electrons. The van der Waals surface area contributed by atoms with E-state index in [1.54, 1.807) is 18.2 Å². The number of piperidine rings is 1. The van der Waals surface area contributed by atoms with E-state index in [0.717, 1.165) is 36.0 Å². The largest absolute Gasteiger partial charge is 0.326 e. The number of amides is 1. The van der Waals surface area contributed by atoms with Crippen LogP contribution in [0.15, 0.2) is 41.3 Å². The fraction of sp³-hybridized carbons (Fsp3) is 0.417. The molecule has 7 heteroatoms. The summed E-state index contributed by atoms with van der Waals surface area (Å²) in [7, 11) is -3.58. The van der Waals surface area contributed by atoms with Crippen LogP contribution in [-0.4, -0.2) is 37.5 Å². The number of carbonyl (C=O) groups excluding carboxylic acids is 2. The van der Waals surface area contributed by atoms with Crippen molar-refractivity contribution < 1.29 is 18.0 Å². The Labute approximate surface area is 184 Å². The number of sulfonamides is 1. The molecule has 1 saturated heterocycles. The van der Waals surface area contributed by atoms with Crippen molar-refractivity contribution in [3.05, 3.63) is 58.7 Å². The van der Waals surface area contributed by atoms with Gasteiger partial charge in [-0.3, -0.25) is 9.59 Å². The minimum atomic E-state index is -3.58. The molecule has 1 aliphatic rings. The van der Waals surface area contributed by atoms with Crippen molar-refractivity contribution in [2.45, 2.75) is 57.8 Å². The van der Waals surface area contributed by atoms with Crippen molar-refractivity contribution in [1.29, 1.82) is 0 Å².